The Hall–Kier alpha value is -10.4. The van der Waals surface area contributed by atoms with E-state index in [1.54, 1.807) is 0 Å². The summed E-state index contributed by atoms with van der Waals surface area (Å²) >= 11 is 0. The van der Waals surface area contributed by atoms with Crippen LogP contribution in [0, 0.1) is 0 Å². The zero-order valence-corrected chi connectivity index (χ0v) is 45.9. The van der Waals surface area contributed by atoms with Crippen molar-refractivity contribution in [2.75, 3.05) is 9.80 Å². The maximum atomic E-state index is 7.35. The fourth-order valence-electron chi connectivity index (χ4n) is 12.7. The first kappa shape index (κ1) is 49.7. The van der Waals surface area contributed by atoms with Gasteiger partial charge >= 0.3 is 0 Å². The smallest absolute Gasteiger partial charge is 0.159 e. The van der Waals surface area contributed by atoms with Gasteiger partial charge in [-0.1, -0.05) is 225 Å². The monoisotopic (exact) mass is 1070 g/mol. The second-order valence-electron chi connectivity index (χ2n) is 21.6. The van der Waals surface area contributed by atoms with E-state index in [-0.39, 0.29) is 0 Å². The van der Waals surface area contributed by atoms with Crippen LogP contribution in [-0.2, 0) is 25.7 Å². The normalized spacial score (nSPS) is 15.1. The molecule has 83 heavy (non-hydrogen) atoms. The highest BCUT2D eigenvalue weighted by atomic mass is 16.3. The minimum Gasteiger partial charge on any atom is -0.460 e. The van der Waals surface area contributed by atoms with Crippen molar-refractivity contribution in [2.45, 2.75) is 38.5 Å². The van der Waals surface area contributed by atoms with Gasteiger partial charge in [-0.2, -0.15) is 0 Å². The number of nitrogens with zero attached hydrogens (tertiary/aromatic N) is 2. The molecule has 398 valence electrons. The largest absolute Gasteiger partial charge is 0.460 e. The summed E-state index contributed by atoms with van der Waals surface area (Å²) < 4.78 is 21.3. The van der Waals surface area contributed by atoms with Gasteiger partial charge < -0.3 is 23.1 Å². The van der Waals surface area contributed by atoms with Crippen molar-refractivity contribution in [1.82, 2.24) is 0 Å². The number of benzene rings is 10. The Labute approximate surface area is 483 Å². The Bertz CT molecular complexity index is 4770. The number of rotatable bonds is 8. The van der Waals surface area contributed by atoms with Crippen molar-refractivity contribution in [2.24, 2.45) is 0 Å². The first-order valence-corrected chi connectivity index (χ1v) is 28.9. The summed E-state index contributed by atoms with van der Waals surface area (Å²) in [5.41, 5.74) is 21.0. The SMILES string of the molecule is C1=CCCC(c2ccccc2N(/C2=C/Cc3ccccc3C/C=C\C=C/Cc3cc(N(c4ccccc4-c4ccccc4)c4cccc5c4oc4ccccc45)ccc3Cc3oc4ccccc4c32)c2cccc3c2oc2ccccc23)=C1. The van der Waals surface area contributed by atoms with Gasteiger partial charge in [0.25, 0.3) is 0 Å². The molecule has 5 nitrogen and oxygen atoms in total. The average molecular weight is 1070 g/mol. The van der Waals surface area contributed by atoms with E-state index >= 15 is 0 Å². The van der Waals surface area contributed by atoms with E-state index in [4.69, 9.17) is 13.3 Å². The van der Waals surface area contributed by atoms with E-state index in [0.29, 0.717) is 19.3 Å². The molecule has 0 saturated heterocycles. The third-order valence-electron chi connectivity index (χ3n) is 16.6. The number of hydrogen-bond donors (Lipinski definition) is 0. The van der Waals surface area contributed by atoms with E-state index in [1.165, 1.54) is 33.4 Å². The van der Waals surface area contributed by atoms with Crippen LogP contribution in [0.1, 0.15) is 52.0 Å². The quantitative estimate of drug-likeness (QED) is 0.152. The van der Waals surface area contributed by atoms with Crippen molar-refractivity contribution < 1.29 is 13.3 Å². The number of hydrogen-bond acceptors (Lipinski definition) is 5. The summed E-state index contributed by atoms with van der Waals surface area (Å²) in [7, 11) is 0. The summed E-state index contributed by atoms with van der Waals surface area (Å²) in [6, 6.07) is 82.7. The van der Waals surface area contributed by atoms with Crippen molar-refractivity contribution in [3.05, 3.63) is 318 Å². The Morgan fingerprint density at radius 3 is 1.59 bits per heavy atom. The van der Waals surface area contributed by atoms with E-state index in [9.17, 15) is 0 Å². The minimum atomic E-state index is 0.525. The molecular weight excluding hydrogens is 1010 g/mol. The number of allylic oxidation sites excluding steroid dienone is 9. The van der Waals surface area contributed by atoms with Crippen LogP contribution in [0.5, 0.6) is 0 Å². The maximum absolute atomic E-state index is 7.35. The lowest BCUT2D eigenvalue weighted by atomic mass is 9.92. The molecule has 0 saturated carbocycles. The Balaban J connectivity index is 0.972. The average Bonchev–Trinajstić information content (AvgIpc) is 4.45. The predicted octanol–water partition coefficient (Wildman–Crippen LogP) is 21.3. The fraction of sp³-hybridized carbons (Fsp3) is 0.0769. The predicted molar refractivity (Wildman–Crippen MR) is 345 cm³/mol. The fourth-order valence-corrected chi connectivity index (χ4v) is 12.7. The van der Waals surface area contributed by atoms with Gasteiger partial charge in [0.15, 0.2) is 11.2 Å². The highest BCUT2D eigenvalue weighted by Gasteiger charge is 2.30. The standard InChI is InChI=1S/C78H58N2O3/c1-2-6-32-57-51-59(79(67-40-18-13-33-60(67)55-28-7-3-8-29-55)70-42-23-38-64-62-35-15-20-44-72(62)82-77(64)70)49-47-58(57)52-75-76(66-37-17-22-46-74(66)81-75)69(50-48-54-27-12-11-26-53(54)25-5-1)80(68-41-19-14-34-61(68)56-30-9-4-10-31-56)71-43-24-39-65-63-36-16-21-45-73(63)83-78(65)71/h1-9,11-24,26-30,33-47,49-51H,10,25,31-32,48,52H2/b5-1-,6-2-,69-50+. The molecular formula is C78H58N2O3. The number of anilines is 5. The van der Waals surface area contributed by atoms with E-state index in [2.05, 4.69) is 283 Å². The third-order valence-corrected chi connectivity index (χ3v) is 16.6. The molecule has 2 aliphatic rings. The van der Waals surface area contributed by atoms with Crippen molar-refractivity contribution in [3.63, 3.8) is 0 Å². The second kappa shape index (κ2) is 21.6. The lowest BCUT2D eigenvalue weighted by Gasteiger charge is -2.31. The topological polar surface area (TPSA) is 45.9 Å². The summed E-state index contributed by atoms with van der Waals surface area (Å²) in [6.07, 6.45) is 22.8. The lowest BCUT2D eigenvalue weighted by Crippen LogP contribution is -2.19. The van der Waals surface area contributed by atoms with Crippen molar-refractivity contribution in [3.8, 4) is 11.1 Å². The molecule has 3 aromatic heterocycles. The van der Waals surface area contributed by atoms with Crippen molar-refractivity contribution in [1.29, 1.82) is 0 Å². The summed E-state index contributed by atoms with van der Waals surface area (Å²) in [6.45, 7) is 0. The van der Waals surface area contributed by atoms with Crippen LogP contribution >= 0.6 is 0 Å². The Morgan fingerprint density at radius 2 is 0.904 bits per heavy atom. The van der Waals surface area contributed by atoms with Gasteiger partial charge in [-0.25, -0.2) is 0 Å². The molecule has 5 heteroatoms. The van der Waals surface area contributed by atoms with Crippen molar-refractivity contribution >= 4 is 94.6 Å². The van der Waals surface area contributed by atoms with Crippen LogP contribution in [0.4, 0.5) is 28.4 Å². The zero-order chi connectivity index (χ0) is 55.1. The van der Waals surface area contributed by atoms with Crippen LogP contribution in [0.25, 0.3) is 77.2 Å². The zero-order valence-electron chi connectivity index (χ0n) is 45.9. The molecule has 15 rings (SSSR count). The van der Waals surface area contributed by atoms with Crippen LogP contribution in [0.15, 0.2) is 292 Å². The second-order valence-corrected chi connectivity index (χ2v) is 21.6. The van der Waals surface area contributed by atoms with Gasteiger partial charge in [0, 0.05) is 55.7 Å². The molecule has 0 atom stereocenters. The van der Waals surface area contributed by atoms with Gasteiger partial charge in [0.05, 0.1) is 28.4 Å². The number of furan rings is 3. The number of fused-ring (bicyclic) bond motifs is 11. The third kappa shape index (κ3) is 9.17. The van der Waals surface area contributed by atoms with Gasteiger partial charge in [0.1, 0.15) is 22.5 Å². The molecule has 2 aliphatic carbocycles. The first-order chi connectivity index (χ1) is 41.2. The van der Waals surface area contributed by atoms with E-state index in [1.807, 2.05) is 6.07 Å². The van der Waals surface area contributed by atoms with Gasteiger partial charge in [-0.15, -0.1) is 0 Å². The van der Waals surface area contributed by atoms with Crippen LogP contribution in [0.2, 0.25) is 0 Å². The summed E-state index contributed by atoms with van der Waals surface area (Å²) in [5, 5.41) is 5.36. The lowest BCUT2D eigenvalue weighted by molar-refractivity contribution is 0.560. The molecule has 0 N–H and O–H groups in total. The van der Waals surface area contributed by atoms with Gasteiger partial charge in [0.2, 0.25) is 0 Å². The Kier molecular flexibility index (Phi) is 12.9. The highest BCUT2D eigenvalue weighted by molar-refractivity contribution is 6.13. The molecule has 0 amide bonds. The molecule has 3 heterocycles. The van der Waals surface area contributed by atoms with E-state index in [0.717, 1.165) is 131 Å². The first-order valence-electron chi connectivity index (χ1n) is 28.9. The number of para-hydroxylation sites is 7. The van der Waals surface area contributed by atoms with Gasteiger partial charge in [-0.3, -0.25) is 0 Å². The summed E-state index contributed by atoms with van der Waals surface area (Å²) in [5.74, 6) is 0.883. The van der Waals surface area contributed by atoms with E-state index < -0.39 is 0 Å². The molecule has 0 unspecified atom stereocenters. The van der Waals surface area contributed by atoms with Gasteiger partial charge in [-0.05, 0) is 120 Å². The summed E-state index contributed by atoms with van der Waals surface area (Å²) in [4.78, 5) is 4.88. The molecule has 13 aromatic rings. The molecule has 0 bridgehead atoms. The highest BCUT2D eigenvalue weighted by Crippen LogP contribution is 2.49. The Morgan fingerprint density at radius 1 is 0.361 bits per heavy atom. The van der Waals surface area contributed by atoms with Crippen LogP contribution in [0.3, 0.4) is 0 Å². The minimum absolute atomic E-state index is 0.525. The van der Waals surface area contributed by atoms with Crippen LogP contribution < -0.4 is 9.80 Å². The molecule has 0 radical (unpaired) electrons. The van der Waals surface area contributed by atoms with Crippen LogP contribution in [-0.4, -0.2) is 0 Å². The molecule has 0 fully saturated rings. The molecule has 0 aliphatic heterocycles. The molecule has 0 spiro atoms. The maximum Gasteiger partial charge on any atom is 0.159 e. The molecule has 10 aromatic carbocycles.